The van der Waals surface area contributed by atoms with Gasteiger partial charge in [0.15, 0.2) is 0 Å². The Kier molecular flexibility index (Phi) is 7.41. The average molecular weight is 429 g/mol. The zero-order valence-electron chi connectivity index (χ0n) is 18.2. The number of hydrogen-bond acceptors (Lipinski definition) is 2. The number of aromatic nitrogens is 1. The maximum absolute atomic E-state index is 5.96. The van der Waals surface area contributed by atoms with Crippen LogP contribution in [0.5, 0.6) is 0 Å². The van der Waals surface area contributed by atoms with Gasteiger partial charge in [-0.25, -0.2) is 4.98 Å². The molecule has 0 N–H and O–H groups in total. The van der Waals surface area contributed by atoms with E-state index in [0.29, 0.717) is 0 Å². The zero-order valence-corrected chi connectivity index (χ0v) is 18.9. The summed E-state index contributed by atoms with van der Waals surface area (Å²) >= 11 is 5.96. The summed E-state index contributed by atoms with van der Waals surface area (Å²) in [6.45, 7) is 5.90. The fourth-order valence-corrected chi connectivity index (χ4v) is 4.06. The molecular weight excluding hydrogens is 400 g/mol. The number of rotatable bonds is 5. The molecular formula is C28H29ClN2. The lowest BCUT2D eigenvalue weighted by molar-refractivity contribution is 0.185. The van der Waals surface area contributed by atoms with E-state index in [2.05, 4.69) is 59.0 Å². The van der Waals surface area contributed by atoms with Crippen molar-refractivity contribution in [2.24, 2.45) is 5.92 Å². The molecule has 0 bridgehead atoms. The first-order valence-corrected chi connectivity index (χ1v) is 11.5. The highest BCUT2D eigenvalue weighted by Crippen LogP contribution is 2.21. The summed E-state index contributed by atoms with van der Waals surface area (Å²) in [6.07, 6.45) is 6.33. The Morgan fingerprint density at radius 1 is 0.903 bits per heavy atom. The normalized spacial score (nSPS) is 14.8. The predicted octanol–water partition coefficient (Wildman–Crippen LogP) is 6.62. The average Bonchev–Trinajstić information content (AvgIpc) is 2.80. The third-order valence-electron chi connectivity index (χ3n) is 6.00. The summed E-state index contributed by atoms with van der Waals surface area (Å²) in [6, 6.07) is 20.9. The highest BCUT2D eigenvalue weighted by molar-refractivity contribution is 6.30. The summed E-state index contributed by atoms with van der Waals surface area (Å²) in [4.78, 5) is 7.06. The lowest BCUT2D eigenvalue weighted by Crippen LogP contribution is -2.32. The maximum Gasteiger partial charge on any atom is 0.113 e. The van der Waals surface area contributed by atoms with Crippen molar-refractivity contribution in [2.75, 3.05) is 13.1 Å². The van der Waals surface area contributed by atoms with Gasteiger partial charge >= 0.3 is 0 Å². The number of piperidine rings is 1. The number of hydrogen-bond donors (Lipinski definition) is 0. The Morgan fingerprint density at radius 2 is 1.58 bits per heavy atom. The van der Waals surface area contributed by atoms with Crippen molar-refractivity contribution >= 4 is 11.6 Å². The van der Waals surface area contributed by atoms with Crippen LogP contribution in [0.2, 0.25) is 5.02 Å². The molecule has 1 aliphatic heterocycles. The standard InChI is InChI=1S/C28H29ClN2/c1-22-16-18-31(19-17-22)21-24-8-6-23(7-9-24)4-2-3-5-28-15-12-26(20-30-28)25-10-13-27(29)14-11-25/h6-15,20,22H,2,4,16-19,21H2,1H3. The van der Waals surface area contributed by atoms with Crippen molar-refractivity contribution < 1.29 is 0 Å². The molecule has 2 heterocycles. The molecule has 1 aliphatic rings. The van der Waals surface area contributed by atoms with E-state index < -0.39 is 0 Å². The quantitative estimate of drug-likeness (QED) is 0.424. The van der Waals surface area contributed by atoms with Crippen LogP contribution in [-0.2, 0) is 13.0 Å². The monoisotopic (exact) mass is 428 g/mol. The predicted molar refractivity (Wildman–Crippen MR) is 130 cm³/mol. The van der Waals surface area contributed by atoms with E-state index in [1.165, 1.54) is 37.1 Å². The minimum atomic E-state index is 0.741. The number of halogens is 1. The minimum absolute atomic E-state index is 0.741. The van der Waals surface area contributed by atoms with Crippen molar-refractivity contribution in [1.82, 2.24) is 9.88 Å². The van der Waals surface area contributed by atoms with Gasteiger partial charge in [0.2, 0.25) is 0 Å². The van der Waals surface area contributed by atoms with Crippen LogP contribution in [0, 0.1) is 17.8 Å². The zero-order chi connectivity index (χ0) is 21.5. The van der Waals surface area contributed by atoms with Gasteiger partial charge in [-0.15, -0.1) is 0 Å². The summed E-state index contributed by atoms with van der Waals surface area (Å²) < 4.78 is 0. The topological polar surface area (TPSA) is 16.1 Å². The van der Waals surface area contributed by atoms with Crippen molar-refractivity contribution in [3.8, 4) is 23.0 Å². The Labute approximate surface area is 191 Å². The third-order valence-corrected chi connectivity index (χ3v) is 6.25. The fourth-order valence-electron chi connectivity index (χ4n) is 3.93. The van der Waals surface area contributed by atoms with E-state index in [1.807, 2.05) is 36.5 Å². The molecule has 0 amide bonds. The van der Waals surface area contributed by atoms with E-state index in [1.54, 1.807) is 0 Å². The summed E-state index contributed by atoms with van der Waals surface area (Å²) in [5.41, 5.74) is 5.74. The summed E-state index contributed by atoms with van der Waals surface area (Å²) in [5, 5.41) is 0.741. The summed E-state index contributed by atoms with van der Waals surface area (Å²) in [7, 11) is 0. The maximum atomic E-state index is 5.96. The largest absolute Gasteiger partial charge is 0.299 e. The molecule has 1 aromatic heterocycles. The number of pyridine rings is 1. The Bertz CT molecular complexity index is 1020. The third kappa shape index (κ3) is 6.44. The van der Waals surface area contributed by atoms with Crippen molar-refractivity contribution in [3.63, 3.8) is 0 Å². The van der Waals surface area contributed by atoms with Gasteiger partial charge in [-0.05, 0) is 79.1 Å². The van der Waals surface area contributed by atoms with Crippen molar-refractivity contribution in [1.29, 1.82) is 0 Å². The molecule has 2 nitrogen and oxygen atoms in total. The number of nitrogens with zero attached hydrogens (tertiary/aromatic N) is 2. The molecule has 158 valence electrons. The second-order valence-corrected chi connectivity index (χ2v) is 8.95. The molecule has 0 spiro atoms. The van der Waals surface area contributed by atoms with Gasteiger partial charge < -0.3 is 0 Å². The van der Waals surface area contributed by atoms with E-state index in [4.69, 9.17) is 11.6 Å². The van der Waals surface area contributed by atoms with Gasteiger partial charge in [0.05, 0.1) is 0 Å². The van der Waals surface area contributed by atoms with Crippen LogP contribution in [0.1, 0.15) is 43.0 Å². The number of aryl methyl sites for hydroxylation is 1. The highest BCUT2D eigenvalue weighted by Gasteiger charge is 2.15. The first kappa shape index (κ1) is 21.6. The van der Waals surface area contributed by atoms with Gasteiger partial charge in [-0.2, -0.15) is 0 Å². The van der Waals surface area contributed by atoms with Crippen LogP contribution in [0.4, 0.5) is 0 Å². The van der Waals surface area contributed by atoms with E-state index in [-0.39, 0.29) is 0 Å². The van der Waals surface area contributed by atoms with Gasteiger partial charge in [0, 0.05) is 29.7 Å². The minimum Gasteiger partial charge on any atom is -0.299 e. The molecule has 3 aromatic rings. The molecule has 0 unspecified atom stereocenters. The molecule has 1 saturated heterocycles. The first-order chi connectivity index (χ1) is 15.2. The first-order valence-electron chi connectivity index (χ1n) is 11.2. The smallest absolute Gasteiger partial charge is 0.113 e. The van der Waals surface area contributed by atoms with Crippen LogP contribution in [0.15, 0.2) is 66.9 Å². The number of benzene rings is 2. The molecule has 0 saturated carbocycles. The molecule has 0 atom stereocenters. The lowest BCUT2D eigenvalue weighted by Gasteiger charge is -2.30. The van der Waals surface area contributed by atoms with Gasteiger partial charge in [0.1, 0.15) is 5.69 Å². The van der Waals surface area contributed by atoms with Gasteiger partial charge in [-0.1, -0.05) is 66.9 Å². The Hall–Kier alpha value is -2.60. The highest BCUT2D eigenvalue weighted by atomic mass is 35.5. The van der Waals surface area contributed by atoms with Crippen LogP contribution in [0.25, 0.3) is 11.1 Å². The van der Waals surface area contributed by atoms with Crippen molar-refractivity contribution in [2.45, 2.75) is 39.2 Å². The van der Waals surface area contributed by atoms with Crippen LogP contribution < -0.4 is 0 Å². The SMILES string of the molecule is CC1CCN(Cc2ccc(CCC#Cc3ccc(-c4ccc(Cl)cc4)cn3)cc2)CC1. The van der Waals surface area contributed by atoms with E-state index in [0.717, 1.165) is 47.1 Å². The van der Waals surface area contributed by atoms with E-state index >= 15 is 0 Å². The van der Waals surface area contributed by atoms with E-state index in [9.17, 15) is 0 Å². The fraction of sp³-hybridized carbons (Fsp3) is 0.321. The molecule has 2 aromatic carbocycles. The number of likely N-dealkylation sites (tertiary alicyclic amines) is 1. The molecule has 4 rings (SSSR count). The molecule has 3 heteroatoms. The van der Waals surface area contributed by atoms with Gasteiger partial charge in [0.25, 0.3) is 0 Å². The summed E-state index contributed by atoms with van der Waals surface area (Å²) in [5.74, 6) is 7.33. The molecule has 0 radical (unpaired) electrons. The second-order valence-electron chi connectivity index (χ2n) is 8.52. The molecule has 31 heavy (non-hydrogen) atoms. The molecule has 1 fully saturated rings. The lowest BCUT2D eigenvalue weighted by atomic mass is 9.98. The van der Waals surface area contributed by atoms with Gasteiger partial charge in [-0.3, -0.25) is 4.90 Å². The van der Waals surface area contributed by atoms with Crippen LogP contribution >= 0.6 is 11.6 Å². The Morgan fingerprint density at radius 3 is 2.26 bits per heavy atom. The van der Waals surface area contributed by atoms with Crippen LogP contribution in [-0.4, -0.2) is 23.0 Å². The Balaban J connectivity index is 1.25. The molecule has 0 aliphatic carbocycles. The van der Waals surface area contributed by atoms with Crippen molar-refractivity contribution in [3.05, 3.63) is 88.7 Å². The second kappa shape index (κ2) is 10.6. The van der Waals surface area contributed by atoms with Crippen LogP contribution in [0.3, 0.4) is 0 Å².